The van der Waals surface area contributed by atoms with Crippen molar-refractivity contribution in [3.05, 3.63) is 0 Å². The van der Waals surface area contributed by atoms with E-state index in [1.54, 1.807) is 18.7 Å². The molecule has 1 fully saturated rings. The topological polar surface area (TPSA) is 78.5 Å². The summed E-state index contributed by atoms with van der Waals surface area (Å²) in [7, 11) is 1.53. The zero-order chi connectivity index (χ0) is 16.4. The van der Waals surface area contributed by atoms with E-state index in [4.69, 9.17) is 0 Å². The van der Waals surface area contributed by atoms with Crippen LogP contribution >= 0.6 is 0 Å². The highest BCUT2D eigenvalue weighted by molar-refractivity contribution is 5.95. The van der Waals surface area contributed by atoms with Gasteiger partial charge in [0.15, 0.2) is 0 Å². The minimum absolute atomic E-state index is 0.0368. The first-order valence-corrected chi connectivity index (χ1v) is 7.38. The van der Waals surface area contributed by atoms with Crippen LogP contribution < -0.4 is 10.6 Å². The van der Waals surface area contributed by atoms with Gasteiger partial charge in [-0.1, -0.05) is 20.8 Å². The van der Waals surface area contributed by atoms with Gasteiger partial charge in [0.25, 0.3) is 0 Å². The molecular weight excluding hydrogens is 270 g/mol. The summed E-state index contributed by atoms with van der Waals surface area (Å²) < 4.78 is 0. The molecule has 2 atom stereocenters. The molecule has 120 valence electrons. The highest BCUT2D eigenvalue weighted by atomic mass is 16.2. The fourth-order valence-electron chi connectivity index (χ4n) is 2.56. The average molecular weight is 297 g/mol. The fourth-order valence-corrected chi connectivity index (χ4v) is 2.56. The molecule has 3 amide bonds. The lowest BCUT2D eigenvalue weighted by Gasteiger charge is -2.38. The summed E-state index contributed by atoms with van der Waals surface area (Å²) in [5.41, 5.74) is -1.41. The predicted octanol–water partition coefficient (Wildman–Crippen LogP) is 0.664. The van der Waals surface area contributed by atoms with Crippen molar-refractivity contribution in [1.29, 1.82) is 0 Å². The van der Waals surface area contributed by atoms with Crippen LogP contribution in [0.15, 0.2) is 0 Å². The summed E-state index contributed by atoms with van der Waals surface area (Å²) in [4.78, 5) is 38.3. The Labute approximate surface area is 126 Å². The number of hydrogen-bond donors (Lipinski definition) is 2. The third-order valence-electron chi connectivity index (χ3n) is 4.00. The van der Waals surface area contributed by atoms with E-state index in [-0.39, 0.29) is 17.7 Å². The Hall–Kier alpha value is -1.59. The number of nitrogens with zero attached hydrogens (tertiary/aromatic N) is 1. The van der Waals surface area contributed by atoms with E-state index in [0.717, 1.165) is 6.42 Å². The third kappa shape index (κ3) is 3.54. The van der Waals surface area contributed by atoms with Gasteiger partial charge in [-0.3, -0.25) is 14.4 Å². The van der Waals surface area contributed by atoms with Gasteiger partial charge in [0.05, 0.1) is 0 Å². The Morgan fingerprint density at radius 2 is 1.81 bits per heavy atom. The van der Waals surface area contributed by atoms with Gasteiger partial charge < -0.3 is 15.5 Å². The maximum atomic E-state index is 12.6. The van der Waals surface area contributed by atoms with Crippen LogP contribution in [0.1, 0.15) is 47.5 Å². The first-order valence-electron chi connectivity index (χ1n) is 7.38. The summed E-state index contributed by atoms with van der Waals surface area (Å²) in [6, 6.07) is -0.619. The molecule has 1 rings (SSSR count). The second-order valence-corrected chi connectivity index (χ2v) is 6.89. The molecular formula is C15H27N3O3. The van der Waals surface area contributed by atoms with Crippen molar-refractivity contribution in [1.82, 2.24) is 15.5 Å². The van der Waals surface area contributed by atoms with E-state index in [1.807, 2.05) is 20.8 Å². The van der Waals surface area contributed by atoms with E-state index in [0.29, 0.717) is 13.0 Å². The van der Waals surface area contributed by atoms with E-state index in [1.165, 1.54) is 7.05 Å². The zero-order valence-corrected chi connectivity index (χ0v) is 13.9. The summed E-state index contributed by atoms with van der Waals surface area (Å²) >= 11 is 0. The molecule has 0 spiro atoms. The summed E-state index contributed by atoms with van der Waals surface area (Å²) in [6.45, 7) is 9.52. The van der Waals surface area contributed by atoms with Crippen molar-refractivity contribution < 1.29 is 14.4 Å². The SMILES string of the molecule is CNC(=O)[C@H](C)NC(=O)C1(C)CCCN1C(=O)C(C)(C)C. The van der Waals surface area contributed by atoms with E-state index < -0.39 is 17.0 Å². The number of amides is 3. The average Bonchev–Trinajstić information content (AvgIpc) is 2.78. The van der Waals surface area contributed by atoms with E-state index in [9.17, 15) is 14.4 Å². The quantitative estimate of drug-likeness (QED) is 0.803. The third-order valence-corrected chi connectivity index (χ3v) is 4.00. The number of carbonyl (C=O) groups is 3. The van der Waals surface area contributed by atoms with Crippen molar-refractivity contribution in [3.8, 4) is 0 Å². The smallest absolute Gasteiger partial charge is 0.246 e. The molecule has 0 radical (unpaired) electrons. The predicted molar refractivity (Wildman–Crippen MR) is 80.5 cm³/mol. The molecule has 1 aliphatic heterocycles. The lowest BCUT2D eigenvalue weighted by atomic mass is 9.90. The van der Waals surface area contributed by atoms with Crippen molar-refractivity contribution in [2.45, 2.75) is 59.0 Å². The van der Waals surface area contributed by atoms with Gasteiger partial charge in [0.1, 0.15) is 11.6 Å². The first kappa shape index (κ1) is 17.5. The number of carbonyl (C=O) groups excluding carboxylic acids is 3. The molecule has 21 heavy (non-hydrogen) atoms. The Morgan fingerprint density at radius 3 is 2.29 bits per heavy atom. The van der Waals surface area contributed by atoms with E-state index >= 15 is 0 Å². The number of likely N-dealkylation sites (tertiary alicyclic amines) is 1. The molecule has 0 bridgehead atoms. The van der Waals surface area contributed by atoms with Crippen LogP contribution in [0.3, 0.4) is 0 Å². The van der Waals surface area contributed by atoms with Gasteiger partial charge in [-0.25, -0.2) is 0 Å². The Kier molecular flexibility index (Phi) is 5.02. The maximum absolute atomic E-state index is 12.6. The maximum Gasteiger partial charge on any atom is 0.246 e. The minimum atomic E-state index is -0.882. The standard InChI is InChI=1S/C15H27N3O3/c1-10(11(19)16-6)17-12(20)15(5)8-7-9-18(15)13(21)14(2,3)4/h10H,7-9H2,1-6H3,(H,16,19)(H,17,20)/t10-,15?/m0/s1. The van der Waals surface area contributed by atoms with Crippen molar-refractivity contribution >= 4 is 17.7 Å². The second-order valence-electron chi connectivity index (χ2n) is 6.89. The fraction of sp³-hybridized carbons (Fsp3) is 0.800. The van der Waals surface area contributed by atoms with Gasteiger partial charge in [0.2, 0.25) is 17.7 Å². The highest BCUT2D eigenvalue weighted by Crippen LogP contribution is 2.33. The second kappa shape index (κ2) is 6.03. The lowest BCUT2D eigenvalue weighted by molar-refractivity contribution is -0.150. The minimum Gasteiger partial charge on any atom is -0.357 e. The molecule has 1 aliphatic rings. The summed E-state index contributed by atoms with van der Waals surface area (Å²) in [5, 5.41) is 5.20. The molecule has 0 aliphatic carbocycles. The van der Waals surface area contributed by atoms with Crippen LogP contribution in [0.4, 0.5) is 0 Å². The summed E-state index contributed by atoms with van der Waals surface area (Å²) in [5.74, 6) is -0.558. The normalized spacial score (nSPS) is 23.6. The molecule has 0 aromatic carbocycles. The zero-order valence-electron chi connectivity index (χ0n) is 13.9. The van der Waals surface area contributed by atoms with Crippen LogP contribution in [0, 0.1) is 5.41 Å². The van der Waals surface area contributed by atoms with E-state index in [2.05, 4.69) is 10.6 Å². The first-order chi connectivity index (χ1) is 9.54. The van der Waals surface area contributed by atoms with Gasteiger partial charge in [0, 0.05) is 19.0 Å². The molecule has 0 saturated carbocycles. The van der Waals surface area contributed by atoms with Gasteiger partial charge >= 0.3 is 0 Å². The molecule has 2 N–H and O–H groups in total. The number of nitrogens with one attached hydrogen (secondary N) is 2. The highest BCUT2D eigenvalue weighted by Gasteiger charge is 2.48. The summed E-state index contributed by atoms with van der Waals surface area (Å²) in [6.07, 6.45) is 1.40. The van der Waals surface area contributed by atoms with Crippen molar-refractivity contribution in [3.63, 3.8) is 0 Å². The van der Waals surface area contributed by atoms with Gasteiger partial charge in [-0.2, -0.15) is 0 Å². The Bertz CT molecular complexity index is 442. The van der Waals surface area contributed by atoms with Crippen LogP contribution in [0.5, 0.6) is 0 Å². The molecule has 1 unspecified atom stereocenters. The number of likely N-dealkylation sites (N-methyl/N-ethyl adjacent to an activating group) is 1. The largest absolute Gasteiger partial charge is 0.357 e. The Morgan fingerprint density at radius 1 is 1.24 bits per heavy atom. The molecule has 6 heteroatoms. The van der Waals surface area contributed by atoms with Gasteiger partial charge in [-0.15, -0.1) is 0 Å². The Balaban J connectivity index is 2.90. The molecule has 6 nitrogen and oxygen atoms in total. The molecule has 0 aromatic rings. The van der Waals surface area contributed by atoms with Gasteiger partial charge in [-0.05, 0) is 26.7 Å². The lowest BCUT2D eigenvalue weighted by Crippen LogP contribution is -2.60. The molecule has 0 aromatic heterocycles. The molecule has 1 heterocycles. The van der Waals surface area contributed by atoms with Crippen molar-refractivity contribution in [2.24, 2.45) is 5.41 Å². The van der Waals surface area contributed by atoms with Crippen LogP contribution in [0.25, 0.3) is 0 Å². The van der Waals surface area contributed by atoms with Crippen LogP contribution in [0.2, 0.25) is 0 Å². The van der Waals surface area contributed by atoms with Crippen LogP contribution in [-0.4, -0.2) is 47.8 Å². The number of rotatable bonds is 3. The van der Waals surface area contributed by atoms with Crippen molar-refractivity contribution in [2.75, 3.05) is 13.6 Å². The monoisotopic (exact) mass is 297 g/mol. The number of hydrogen-bond acceptors (Lipinski definition) is 3. The molecule has 1 saturated heterocycles. The van der Waals surface area contributed by atoms with Crippen LogP contribution in [-0.2, 0) is 14.4 Å².